The highest BCUT2D eigenvalue weighted by Gasteiger charge is 1.98. The van der Waals surface area contributed by atoms with Crippen LogP contribution in [-0.4, -0.2) is 6.26 Å². The van der Waals surface area contributed by atoms with Gasteiger partial charge in [0.25, 0.3) is 0 Å². The summed E-state index contributed by atoms with van der Waals surface area (Å²) in [5.41, 5.74) is 2.44. The van der Waals surface area contributed by atoms with Crippen LogP contribution >= 0.6 is 23.4 Å². The molecular weight excluding hydrogens is 224 g/mol. The Hall–Kier alpha value is -0.920. The van der Waals surface area contributed by atoms with Gasteiger partial charge in [-0.2, -0.15) is 0 Å². The van der Waals surface area contributed by atoms with Crippen LogP contribution in [0, 0.1) is 0 Å². The Morgan fingerprint density at radius 2 is 1.67 bits per heavy atom. The maximum absolute atomic E-state index is 5.85. The van der Waals surface area contributed by atoms with Gasteiger partial charge in [0.15, 0.2) is 0 Å². The van der Waals surface area contributed by atoms with E-state index >= 15 is 0 Å². The van der Waals surface area contributed by atoms with Crippen LogP contribution in [0.2, 0.25) is 5.02 Å². The normalized spacial score (nSPS) is 10.3. The van der Waals surface area contributed by atoms with E-state index in [2.05, 4.69) is 30.5 Å². The van der Waals surface area contributed by atoms with Crippen LogP contribution in [-0.2, 0) is 0 Å². The number of halogens is 1. The smallest absolute Gasteiger partial charge is 0.0406 e. The van der Waals surface area contributed by atoms with Crippen LogP contribution in [0.4, 0.5) is 0 Å². The van der Waals surface area contributed by atoms with Crippen molar-refractivity contribution in [2.75, 3.05) is 6.26 Å². The first-order chi connectivity index (χ1) is 7.29. The third kappa shape index (κ3) is 2.55. The minimum atomic E-state index is 0.778. The van der Waals surface area contributed by atoms with Crippen molar-refractivity contribution >= 4 is 23.4 Å². The van der Waals surface area contributed by atoms with E-state index in [4.69, 9.17) is 11.6 Å². The van der Waals surface area contributed by atoms with Gasteiger partial charge in [-0.15, -0.1) is 11.8 Å². The van der Waals surface area contributed by atoms with Gasteiger partial charge in [-0.3, -0.25) is 0 Å². The maximum Gasteiger partial charge on any atom is 0.0406 e. The van der Waals surface area contributed by atoms with Crippen molar-refractivity contribution in [1.29, 1.82) is 0 Å². The second-order valence-corrected chi connectivity index (χ2v) is 4.55. The lowest BCUT2D eigenvalue weighted by Crippen LogP contribution is -1.78. The molecule has 76 valence electrons. The fourth-order valence-electron chi connectivity index (χ4n) is 1.44. The van der Waals surface area contributed by atoms with Crippen molar-refractivity contribution in [3.8, 4) is 11.1 Å². The first-order valence-electron chi connectivity index (χ1n) is 4.69. The molecular formula is C13H11ClS. The average molecular weight is 235 g/mol. The molecule has 15 heavy (non-hydrogen) atoms. The maximum atomic E-state index is 5.85. The molecule has 2 rings (SSSR count). The Bertz CT molecular complexity index is 448. The van der Waals surface area contributed by atoms with Crippen molar-refractivity contribution in [2.24, 2.45) is 0 Å². The topological polar surface area (TPSA) is 0 Å². The number of benzene rings is 2. The zero-order valence-corrected chi connectivity index (χ0v) is 9.98. The monoisotopic (exact) mass is 234 g/mol. The summed E-state index contributed by atoms with van der Waals surface area (Å²) in [4.78, 5) is 1.28. The molecule has 0 N–H and O–H groups in total. The lowest BCUT2D eigenvalue weighted by Gasteiger charge is -2.03. The minimum absolute atomic E-state index is 0.778. The highest BCUT2D eigenvalue weighted by Crippen LogP contribution is 2.25. The van der Waals surface area contributed by atoms with E-state index < -0.39 is 0 Å². The van der Waals surface area contributed by atoms with Crippen LogP contribution in [0.25, 0.3) is 11.1 Å². The van der Waals surface area contributed by atoms with Crippen molar-refractivity contribution in [3.05, 3.63) is 53.6 Å². The molecule has 0 fully saturated rings. The summed E-state index contributed by atoms with van der Waals surface area (Å²) in [6, 6.07) is 16.4. The zero-order chi connectivity index (χ0) is 10.7. The zero-order valence-electron chi connectivity index (χ0n) is 8.41. The summed E-state index contributed by atoms with van der Waals surface area (Å²) in [6.07, 6.45) is 2.08. The van der Waals surface area contributed by atoms with Gasteiger partial charge in [0, 0.05) is 9.92 Å². The molecule has 0 bridgehead atoms. The predicted octanol–water partition coefficient (Wildman–Crippen LogP) is 4.73. The molecule has 0 aromatic heterocycles. The summed E-state index contributed by atoms with van der Waals surface area (Å²) in [5, 5.41) is 0.778. The molecule has 2 aromatic carbocycles. The largest absolute Gasteiger partial charge is 0.130 e. The van der Waals surface area contributed by atoms with Crippen LogP contribution in [0.3, 0.4) is 0 Å². The molecule has 0 spiro atoms. The molecule has 0 unspecified atom stereocenters. The highest BCUT2D eigenvalue weighted by molar-refractivity contribution is 7.98. The third-order valence-electron chi connectivity index (χ3n) is 2.25. The van der Waals surface area contributed by atoms with E-state index in [0.29, 0.717) is 0 Å². The Balaban J connectivity index is 2.40. The summed E-state index contributed by atoms with van der Waals surface area (Å²) >= 11 is 7.61. The molecule has 0 saturated carbocycles. The van der Waals surface area contributed by atoms with E-state index in [1.165, 1.54) is 16.0 Å². The molecule has 0 amide bonds. The van der Waals surface area contributed by atoms with Gasteiger partial charge < -0.3 is 0 Å². The molecule has 0 atom stereocenters. The molecule has 0 saturated heterocycles. The van der Waals surface area contributed by atoms with Gasteiger partial charge in [-0.05, 0) is 41.6 Å². The summed E-state index contributed by atoms with van der Waals surface area (Å²) in [6.45, 7) is 0. The lowest BCUT2D eigenvalue weighted by molar-refractivity contribution is 1.46. The Morgan fingerprint density at radius 1 is 0.933 bits per heavy atom. The Morgan fingerprint density at radius 3 is 2.33 bits per heavy atom. The molecule has 0 radical (unpaired) electrons. The van der Waals surface area contributed by atoms with Gasteiger partial charge in [-0.25, -0.2) is 0 Å². The molecule has 0 nitrogen and oxygen atoms in total. The van der Waals surface area contributed by atoms with Crippen molar-refractivity contribution in [1.82, 2.24) is 0 Å². The van der Waals surface area contributed by atoms with Gasteiger partial charge >= 0.3 is 0 Å². The van der Waals surface area contributed by atoms with Gasteiger partial charge in [0.05, 0.1) is 0 Å². The average Bonchev–Trinajstić information content (AvgIpc) is 2.30. The van der Waals surface area contributed by atoms with Gasteiger partial charge in [-0.1, -0.05) is 35.9 Å². The van der Waals surface area contributed by atoms with Crippen molar-refractivity contribution in [2.45, 2.75) is 4.90 Å². The van der Waals surface area contributed by atoms with Crippen LogP contribution in [0.5, 0.6) is 0 Å². The van der Waals surface area contributed by atoms with E-state index in [1.54, 1.807) is 11.8 Å². The predicted molar refractivity (Wildman–Crippen MR) is 68.7 cm³/mol. The van der Waals surface area contributed by atoms with Crippen molar-refractivity contribution in [3.63, 3.8) is 0 Å². The second kappa shape index (κ2) is 4.73. The number of rotatable bonds is 2. The quantitative estimate of drug-likeness (QED) is 0.677. The summed E-state index contributed by atoms with van der Waals surface area (Å²) < 4.78 is 0. The van der Waals surface area contributed by atoms with Crippen LogP contribution in [0.15, 0.2) is 53.4 Å². The van der Waals surface area contributed by atoms with E-state index in [1.807, 2.05) is 24.3 Å². The standard InChI is InChI=1S/C13H11ClS/c1-15-13-4-2-3-11(9-13)10-5-7-12(14)8-6-10/h2-9H,1H3. The van der Waals surface area contributed by atoms with Crippen LogP contribution < -0.4 is 0 Å². The first-order valence-corrected chi connectivity index (χ1v) is 6.30. The van der Waals surface area contributed by atoms with E-state index in [-0.39, 0.29) is 0 Å². The highest BCUT2D eigenvalue weighted by atomic mass is 35.5. The van der Waals surface area contributed by atoms with Gasteiger partial charge in [0.1, 0.15) is 0 Å². The minimum Gasteiger partial charge on any atom is -0.130 e. The van der Waals surface area contributed by atoms with Crippen LogP contribution in [0.1, 0.15) is 0 Å². The molecule has 2 heteroatoms. The molecule has 2 aromatic rings. The number of thioether (sulfide) groups is 1. The van der Waals surface area contributed by atoms with Crippen molar-refractivity contribution < 1.29 is 0 Å². The lowest BCUT2D eigenvalue weighted by atomic mass is 10.1. The Kier molecular flexibility index (Phi) is 3.34. The molecule has 0 aliphatic rings. The third-order valence-corrected chi connectivity index (χ3v) is 3.22. The molecule has 0 aliphatic carbocycles. The summed E-state index contributed by atoms with van der Waals surface area (Å²) in [5.74, 6) is 0. The molecule has 0 aliphatic heterocycles. The van der Waals surface area contributed by atoms with E-state index in [0.717, 1.165) is 5.02 Å². The van der Waals surface area contributed by atoms with E-state index in [9.17, 15) is 0 Å². The Labute approximate surface area is 99.3 Å². The fraction of sp³-hybridized carbons (Fsp3) is 0.0769. The number of hydrogen-bond donors (Lipinski definition) is 0. The second-order valence-electron chi connectivity index (χ2n) is 3.24. The summed E-state index contributed by atoms with van der Waals surface area (Å²) in [7, 11) is 0. The first kappa shape index (κ1) is 10.6. The fourth-order valence-corrected chi connectivity index (χ4v) is 2.03. The SMILES string of the molecule is CSc1cccc(-c2ccc(Cl)cc2)c1. The van der Waals surface area contributed by atoms with Gasteiger partial charge in [0.2, 0.25) is 0 Å². The number of hydrogen-bond acceptors (Lipinski definition) is 1. The molecule has 0 heterocycles.